The molecule has 314 valence electrons. The first-order valence-electron chi connectivity index (χ1n) is 15.8. The van der Waals surface area contributed by atoms with Crippen LogP contribution >= 0.6 is 35.2 Å². The number of phosphoric acid groups is 3. The van der Waals surface area contributed by atoms with Gasteiger partial charge < -0.3 is 56.0 Å². The van der Waals surface area contributed by atoms with Gasteiger partial charge in [-0.1, -0.05) is 32.2 Å². The molecule has 2 aromatic rings. The van der Waals surface area contributed by atoms with Crippen LogP contribution in [0, 0.1) is 5.41 Å². The molecule has 1 saturated heterocycles. The number of anilines is 1. The summed E-state index contributed by atoms with van der Waals surface area (Å²) in [4.78, 5) is 97.8. The lowest BCUT2D eigenvalue weighted by atomic mass is 9.87. The number of carboxylic acids is 1. The Balaban J connectivity index is 1.49. The van der Waals surface area contributed by atoms with E-state index >= 15 is 0 Å². The third-order valence-electron chi connectivity index (χ3n) is 7.39. The minimum absolute atomic E-state index is 0.0175. The highest BCUT2D eigenvalue weighted by atomic mass is 32.2. The molecule has 3 heterocycles. The molecule has 0 spiro atoms. The number of nitrogen functional groups attached to an aromatic ring is 1. The number of thioether (sulfide) groups is 1. The Bertz CT molecular complexity index is 1930. The van der Waals surface area contributed by atoms with Gasteiger partial charge in [-0.3, -0.25) is 37.3 Å². The quantitative estimate of drug-likeness (QED) is 0.0373. The van der Waals surface area contributed by atoms with Gasteiger partial charge in [-0.2, -0.15) is 4.31 Å². The Labute approximate surface area is 320 Å². The fourth-order valence-electron chi connectivity index (χ4n) is 4.63. The molecular weight excluding hydrogens is 839 g/mol. The van der Waals surface area contributed by atoms with Crippen LogP contribution in [0.25, 0.3) is 11.2 Å². The standard InChI is InChI=1S/C26H40N7O19P3S/c1-13(8-16(35)36)25(40)56-7-6-28-15(34)4-5-29-23(39)20(38)26(2,3)10-49-55(46,47)52-54(44,45)48-9-14-19(51-53(41,42)43)18(37)24(50-14)33-12-32-17-21(27)30-11-31-22(17)33/h11-12,14,18-20,24,37-38H,1,4-10H2,2-3H3,(H,28,34)(H,29,39)(H,35,36)(H,44,45)(H,46,47)(H2,27,30,31)(H2,41,42,43)/t14-,18-,19-,20+,24-/m1/s1. The van der Waals surface area contributed by atoms with Crippen molar-refractivity contribution >= 4 is 75.1 Å². The number of amides is 2. The number of ether oxygens (including phenoxy) is 1. The molecule has 0 aliphatic carbocycles. The summed E-state index contributed by atoms with van der Waals surface area (Å²) in [5, 5.41) is 34.3. The number of hydrogen-bond donors (Lipinski definition) is 10. The van der Waals surface area contributed by atoms with Gasteiger partial charge in [0.1, 0.15) is 36.3 Å². The molecule has 0 aromatic carbocycles. The summed E-state index contributed by atoms with van der Waals surface area (Å²) in [6.07, 6.45) is -7.65. The van der Waals surface area contributed by atoms with Gasteiger partial charge in [0, 0.05) is 36.3 Å². The molecule has 2 amide bonds. The van der Waals surface area contributed by atoms with Crippen LogP contribution < -0.4 is 16.4 Å². The summed E-state index contributed by atoms with van der Waals surface area (Å²) in [5.74, 6) is -2.72. The highest BCUT2D eigenvalue weighted by Crippen LogP contribution is 2.61. The van der Waals surface area contributed by atoms with Gasteiger partial charge in [-0.15, -0.1) is 0 Å². The number of imidazole rings is 1. The van der Waals surface area contributed by atoms with Gasteiger partial charge in [0.25, 0.3) is 0 Å². The number of aliphatic hydroxyl groups is 2. The minimum atomic E-state index is -5.59. The van der Waals surface area contributed by atoms with Crippen molar-refractivity contribution in [1.29, 1.82) is 0 Å². The number of nitrogens with one attached hydrogen (secondary N) is 2. The summed E-state index contributed by atoms with van der Waals surface area (Å²) in [6, 6.07) is 0. The number of carbonyl (C=O) groups is 4. The van der Waals surface area contributed by atoms with E-state index in [9.17, 15) is 62.7 Å². The van der Waals surface area contributed by atoms with Crippen molar-refractivity contribution in [3.8, 4) is 0 Å². The van der Waals surface area contributed by atoms with Gasteiger partial charge >= 0.3 is 29.4 Å². The summed E-state index contributed by atoms with van der Waals surface area (Å²) in [6.45, 7) is 3.50. The lowest BCUT2D eigenvalue weighted by Crippen LogP contribution is -2.46. The van der Waals surface area contributed by atoms with E-state index in [0.29, 0.717) is 0 Å². The average molecular weight is 880 g/mol. The minimum Gasteiger partial charge on any atom is -0.481 e. The smallest absolute Gasteiger partial charge is 0.481 e. The number of carbonyl (C=O) groups excluding carboxylic acids is 3. The number of aliphatic carboxylic acids is 1. The third kappa shape index (κ3) is 14.0. The molecule has 0 bridgehead atoms. The van der Waals surface area contributed by atoms with Crippen LogP contribution in [0.15, 0.2) is 24.8 Å². The highest BCUT2D eigenvalue weighted by Gasteiger charge is 2.50. The Hall–Kier alpha value is -3.23. The van der Waals surface area contributed by atoms with Gasteiger partial charge in [0.05, 0.1) is 26.0 Å². The summed E-state index contributed by atoms with van der Waals surface area (Å²) in [5.41, 5.74) is 4.07. The van der Waals surface area contributed by atoms with Gasteiger partial charge in [-0.05, 0) is 0 Å². The number of carboxylic acid groups (broad SMARTS) is 1. The first-order chi connectivity index (χ1) is 25.8. The van der Waals surface area contributed by atoms with E-state index in [1.807, 2.05) is 0 Å². The number of nitrogens with zero attached hydrogens (tertiary/aromatic N) is 4. The van der Waals surface area contributed by atoms with Gasteiger partial charge in [0.15, 0.2) is 17.7 Å². The van der Waals surface area contributed by atoms with E-state index in [1.165, 1.54) is 13.8 Å². The van der Waals surface area contributed by atoms with Gasteiger partial charge in [-0.25, -0.2) is 28.6 Å². The van der Waals surface area contributed by atoms with Crippen molar-refractivity contribution < 1.29 is 90.4 Å². The Morgan fingerprint density at radius 2 is 1.73 bits per heavy atom. The molecule has 3 rings (SSSR count). The van der Waals surface area contributed by atoms with Crippen LogP contribution in [-0.4, -0.2) is 134 Å². The topological polar surface area (TPSA) is 401 Å². The number of aliphatic hydroxyl groups excluding tert-OH is 2. The lowest BCUT2D eigenvalue weighted by molar-refractivity contribution is -0.137. The van der Waals surface area contributed by atoms with Crippen molar-refractivity contribution in [1.82, 2.24) is 30.2 Å². The first-order valence-corrected chi connectivity index (χ1v) is 21.3. The van der Waals surface area contributed by atoms with E-state index in [0.717, 1.165) is 29.0 Å². The van der Waals surface area contributed by atoms with E-state index in [2.05, 4.69) is 41.0 Å². The average Bonchev–Trinajstić information content (AvgIpc) is 3.64. The number of nitrogens with two attached hydrogens (primary N) is 1. The fraction of sp³-hybridized carbons (Fsp3) is 0.577. The van der Waals surface area contributed by atoms with Crippen LogP contribution in [0.3, 0.4) is 0 Å². The van der Waals surface area contributed by atoms with Gasteiger partial charge in [0.2, 0.25) is 16.9 Å². The molecule has 56 heavy (non-hydrogen) atoms. The number of aromatic nitrogens is 4. The highest BCUT2D eigenvalue weighted by molar-refractivity contribution is 8.14. The largest absolute Gasteiger partial charge is 0.481 e. The normalized spacial score (nSPS) is 21.5. The molecule has 1 aliphatic rings. The lowest BCUT2D eigenvalue weighted by Gasteiger charge is -2.30. The molecule has 0 radical (unpaired) electrons. The monoisotopic (exact) mass is 879 g/mol. The number of hydrogen-bond acceptors (Lipinski definition) is 19. The van der Waals surface area contributed by atoms with E-state index < -0.39 is 102 Å². The van der Waals surface area contributed by atoms with E-state index in [1.54, 1.807) is 0 Å². The summed E-state index contributed by atoms with van der Waals surface area (Å²) >= 11 is 0.757. The predicted octanol–water partition coefficient (Wildman–Crippen LogP) is -1.30. The maximum atomic E-state index is 12.7. The molecule has 30 heteroatoms. The maximum absolute atomic E-state index is 12.7. The zero-order valence-electron chi connectivity index (χ0n) is 29.3. The Morgan fingerprint density at radius 1 is 1.07 bits per heavy atom. The Kier molecular flexibility index (Phi) is 16.4. The van der Waals surface area contributed by atoms with Crippen LogP contribution in [0.5, 0.6) is 0 Å². The van der Waals surface area contributed by atoms with Crippen molar-refractivity contribution in [3.63, 3.8) is 0 Å². The van der Waals surface area contributed by atoms with Crippen molar-refractivity contribution in [2.24, 2.45) is 5.41 Å². The Morgan fingerprint density at radius 3 is 2.38 bits per heavy atom. The molecule has 26 nitrogen and oxygen atoms in total. The summed E-state index contributed by atoms with van der Waals surface area (Å²) < 4.78 is 61.9. The molecule has 2 aromatic heterocycles. The predicted molar refractivity (Wildman–Crippen MR) is 188 cm³/mol. The van der Waals surface area contributed by atoms with E-state index in [4.69, 9.17) is 24.6 Å². The van der Waals surface area contributed by atoms with Crippen LogP contribution in [0.2, 0.25) is 0 Å². The second-order valence-corrected chi connectivity index (χ2v) is 17.7. The first kappa shape index (κ1) is 47.1. The van der Waals surface area contributed by atoms with Crippen molar-refractivity contribution in [3.05, 3.63) is 24.8 Å². The molecule has 2 unspecified atom stereocenters. The second kappa shape index (κ2) is 19.5. The summed E-state index contributed by atoms with van der Waals surface area (Å²) in [7, 11) is -16.5. The number of fused-ring (bicyclic) bond motifs is 1. The van der Waals surface area contributed by atoms with Crippen LogP contribution in [0.1, 0.15) is 32.9 Å². The number of phosphoric ester groups is 3. The zero-order valence-corrected chi connectivity index (χ0v) is 32.8. The molecule has 11 N–H and O–H groups in total. The van der Waals surface area contributed by atoms with E-state index in [-0.39, 0.29) is 47.8 Å². The molecule has 0 saturated carbocycles. The maximum Gasteiger partial charge on any atom is 0.481 e. The van der Waals surface area contributed by atoms with Crippen molar-refractivity contribution in [2.45, 2.75) is 57.3 Å². The second-order valence-electron chi connectivity index (χ2n) is 12.4. The third-order valence-corrected chi connectivity index (χ3v) is 11.4. The zero-order chi connectivity index (χ0) is 42.2. The number of rotatable bonds is 22. The van der Waals surface area contributed by atoms with Crippen molar-refractivity contribution in [2.75, 3.05) is 37.8 Å². The fourth-order valence-corrected chi connectivity index (χ4v) is 8.13. The molecule has 1 aliphatic heterocycles. The molecule has 7 atom stereocenters. The van der Waals surface area contributed by atoms with Crippen LogP contribution in [-0.2, 0) is 55.5 Å². The molecule has 1 fully saturated rings. The SMILES string of the molecule is C=C(CC(=O)O)C(=O)SCCNC(=O)CCNC(=O)[C@H](O)C(C)(C)COP(=O)(O)OP(=O)(O)OC[C@H]1O[C@@H](n2cnc3c(N)ncnc32)[C@H](O)[C@@H]1OP(=O)(O)O. The van der Waals surface area contributed by atoms with Crippen LogP contribution in [0.4, 0.5) is 5.82 Å². The molecular formula is C26H40N7O19P3S.